The zero-order chi connectivity index (χ0) is 24.5. The van der Waals surface area contributed by atoms with Crippen molar-refractivity contribution in [2.45, 2.75) is 43.8 Å². The Morgan fingerprint density at radius 2 is 2.00 bits per heavy atom. The van der Waals surface area contributed by atoms with Gasteiger partial charge in [-0.05, 0) is 38.5 Å². The number of carboxylic acid groups (broad SMARTS) is 1. The predicted molar refractivity (Wildman–Crippen MR) is 120 cm³/mol. The van der Waals surface area contributed by atoms with E-state index in [-0.39, 0.29) is 17.2 Å². The maximum Gasteiger partial charge on any atom is 0.408 e. The van der Waals surface area contributed by atoms with Crippen molar-refractivity contribution in [1.82, 2.24) is 15.5 Å². The zero-order valence-corrected chi connectivity index (χ0v) is 19.4. The number of ether oxygens (including phenoxy) is 2. The summed E-state index contributed by atoms with van der Waals surface area (Å²) in [5, 5.41) is 14.0. The number of anilines is 1. The number of hydrogen-bond donors (Lipinski definition) is 4. The van der Waals surface area contributed by atoms with E-state index in [4.69, 9.17) is 15.2 Å². The summed E-state index contributed by atoms with van der Waals surface area (Å²) < 4.78 is 10.4. The van der Waals surface area contributed by atoms with Crippen molar-refractivity contribution in [2.75, 3.05) is 18.6 Å². The smallest absolute Gasteiger partial charge is 0.408 e. The van der Waals surface area contributed by atoms with Gasteiger partial charge in [0.1, 0.15) is 28.8 Å². The van der Waals surface area contributed by atoms with E-state index in [9.17, 15) is 24.3 Å². The molecule has 0 radical (unpaired) electrons. The number of hydrogen-bond acceptors (Lipinski definition) is 8. The van der Waals surface area contributed by atoms with Crippen LogP contribution in [0.25, 0.3) is 0 Å². The first-order valence-electron chi connectivity index (χ1n) is 10.0. The molecule has 3 amide bonds. The standard InChI is InChI=1S/C21H26N4O7S/c1-21(2,3)32-20(30)24-13(10-6-5-7-11(22)8-10)16(26)23-14-17(27)25-15(19(28)29)12(31-4)9-33-18(14)25/h5-8,13-14,18H,9,22H2,1-4H3,(H,23,26)(H,24,30)(H,28,29)/t13?,14-,18-/m1/s1. The molecule has 33 heavy (non-hydrogen) atoms. The number of nitrogens with two attached hydrogens (primary N) is 1. The molecule has 3 rings (SSSR count). The number of alkyl carbamates (subject to hydrolysis) is 1. The molecule has 5 N–H and O–H groups in total. The highest BCUT2D eigenvalue weighted by molar-refractivity contribution is 8.00. The summed E-state index contributed by atoms with van der Waals surface area (Å²) in [5.41, 5.74) is 5.58. The number of amides is 3. The van der Waals surface area contributed by atoms with Crippen molar-refractivity contribution in [1.29, 1.82) is 0 Å². The molecular weight excluding hydrogens is 452 g/mol. The maximum atomic E-state index is 13.2. The lowest BCUT2D eigenvalue weighted by Crippen LogP contribution is -2.71. The Bertz CT molecular complexity index is 1020. The van der Waals surface area contributed by atoms with Crippen LogP contribution in [0.1, 0.15) is 32.4 Å². The number of β-lactam (4-membered cyclic amide) rings is 1. The monoisotopic (exact) mass is 478 g/mol. The summed E-state index contributed by atoms with van der Waals surface area (Å²) in [7, 11) is 1.33. The largest absolute Gasteiger partial charge is 0.498 e. The first-order valence-corrected chi connectivity index (χ1v) is 11.1. The Hall–Kier alpha value is -3.41. The van der Waals surface area contributed by atoms with Crippen LogP contribution in [0.4, 0.5) is 10.5 Å². The molecule has 11 nitrogen and oxygen atoms in total. The Morgan fingerprint density at radius 3 is 2.58 bits per heavy atom. The molecule has 1 fully saturated rings. The van der Waals surface area contributed by atoms with Gasteiger partial charge in [-0.2, -0.15) is 0 Å². The number of carbonyl (C=O) groups excluding carboxylic acids is 3. The van der Waals surface area contributed by atoms with Gasteiger partial charge in [-0.15, -0.1) is 11.8 Å². The van der Waals surface area contributed by atoms with Crippen LogP contribution in [0.15, 0.2) is 35.7 Å². The molecule has 178 valence electrons. The van der Waals surface area contributed by atoms with E-state index in [1.54, 1.807) is 39.0 Å². The number of fused-ring (bicyclic) bond motifs is 1. The third-order valence-corrected chi connectivity index (χ3v) is 6.10. The lowest BCUT2D eigenvalue weighted by Gasteiger charge is -2.49. The van der Waals surface area contributed by atoms with Crippen molar-refractivity contribution in [3.05, 3.63) is 41.3 Å². The van der Waals surface area contributed by atoms with Gasteiger partial charge in [0, 0.05) is 5.69 Å². The first kappa shape index (κ1) is 24.2. The second kappa shape index (κ2) is 9.22. The van der Waals surface area contributed by atoms with Crippen molar-refractivity contribution in [2.24, 2.45) is 0 Å². The SMILES string of the molecule is COC1=C(C(=O)O)N2C(=O)[C@@H](NC(=O)C(NC(=O)OC(C)(C)C)c3cccc(N)c3)[C@H]2SC1. The summed E-state index contributed by atoms with van der Waals surface area (Å²) >= 11 is 1.26. The van der Waals surface area contributed by atoms with Crippen LogP contribution < -0.4 is 16.4 Å². The Labute approximate surface area is 194 Å². The molecule has 0 aliphatic carbocycles. The molecule has 1 saturated heterocycles. The quantitative estimate of drug-likeness (QED) is 0.348. The topological polar surface area (TPSA) is 160 Å². The number of thioether (sulfide) groups is 1. The van der Waals surface area contributed by atoms with E-state index in [2.05, 4.69) is 10.6 Å². The number of nitrogens with zero attached hydrogens (tertiary/aromatic N) is 1. The van der Waals surface area contributed by atoms with Crippen LogP contribution in [0.3, 0.4) is 0 Å². The number of nitrogens with one attached hydrogen (secondary N) is 2. The molecular formula is C21H26N4O7S. The third-order valence-electron chi connectivity index (χ3n) is 4.85. The molecule has 2 aliphatic heterocycles. The van der Waals surface area contributed by atoms with Gasteiger partial charge in [0.05, 0.1) is 12.9 Å². The van der Waals surface area contributed by atoms with Gasteiger partial charge in [0.25, 0.3) is 5.91 Å². The third kappa shape index (κ3) is 5.16. The van der Waals surface area contributed by atoms with Crippen LogP contribution in [0.2, 0.25) is 0 Å². The number of benzene rings is 1. The second-order valence-corrected chi connectivity index (χ2v) is 9.53. The number of carbonyl (C=O) groups is 4. The fourth-order valence-corrected chi connectivity index (χ4v) is 4.76. The van der Waals surface area contributed by atoms with Crippen LogP contribution in [0, 0.1) is 0 Å². The van der Waals surface area contributed by atoms with Gasteiger partial charge in [0.15, 0.2) is 5.70 Å². The van der Waals surface area contributed by atoms with E-state index in [0.717, 1.165) is 4.90 Å². The molecule has 0 bridgehead atoms. The van der Waals surface area contributed by atoms with Crippen LogP contribution in [0.5, 0.6) is 0 Å². The summed E-state index contributed by atoms with van der Waals surface area (Å²) in [6.45, 7) is 5.06. The maximum absolute atomic E-state index is 13.2. The average Bonchev–Trinajstić information content (AvgIpc) is 2.73. The normalized spacial score (nSPS) is 20.8. The van der Waals surface area contributed by atoms with Gasteiger partial charge in [-0.3, -0.25) is 14.5 Å². The molecule has 2 heterocycles. The summed E-state index contributed by atoms with van der Waals surface area (Å²) in [4.78, 5) is 51.0. The zero-order valence-electron chi connectivity index (χ0n) is 18.6. The van der Waals surface area contributed by atoms with Crippen LogP contribution in [-0.2, 0) is 23.9 Å². The number of nitrogen functional groups attached to an aromatic ring is 1. The van der Waals surface area contributed by atoms with E-state index in [1.165, 1.54) is 24.9 Å². The lowest BCUT2D eigenvalue weighted by molar-refractivity contribution is -0.151. The summed E-state index contributed by atoms with van der Waals surface area (Å²) in [6, 6.07) is 4.23. The molecule has 1 aromatic carbocycles. The lowest BCUT2D eigenvalue weighted by atomic mass is 10.0. The van der Waals surface area contributed by atoms with Crippen molar-refractivity contribution in [3.8, 4) is 0 Å². The highest BCUT2D eigenvalue weighted by Gasteiger charge is 2.55. The van der Waals surface area contributed by atoms with Gasteiger partial charge >= 0.3 is 12.1 Å². The van der Waals surface area contributed by atoms with Gasteiger partial charge in [0.2, 0.25) is 5.91 Å². The number of rotatable bonds is 6. The van der Waals surface area contributed by atoms with E-state index < -0.39 is 46.9 Å². The van der Waals surface area contributed by atoms with E-state index in [0.29, 0.717) is 11.3 Å². The Morgan fingerprint density at radius 1 is 1.30 bits per heavy atom. The number of methoxy groups -OCH3 is 1. The molecule has 0 aromatic heterocycles. The summed E-state index contributed by atoms with van der Waals surface area (Å²) in [5.74, 6) is -2.14. The van der Waals surface area contributed by atoms with Crippen molar-refractivity contribution in [3.63, 3.8) is 0 Å². The molecule has 0 saturated carbocycles. The van der Waals surface area contributed by atoms with Gasteiger partial charge in [-0.1, -0.05) is 12.1 Å². The Kier molecular flexibility index (Phi) is 6.77. The summed E-state index contributed by atoms with van der Waals surface area (Å²) in [6.07, 6.45) is -0.820. The predicted octanol–water partition coefficient (Wildman–Crippen LogP) is 1.18. The average molecular weight is 479 g/mol. The number of carboxylic acids is 1. The molecule has 3 atom stereocenters. The van der Waals surface area contributed by atoms with Gasteiger partial charge < -0.3 is 30.9 Å². The second-order valence-electron chi connectivity index (χ2n) is 8.43. The van der Waals surface area contributed by atoms with E-state index in [1.807, 2.05) is 0 Å². The fraction of sp³-hybridized carbons (Fsp3) is 0.429. The van der Waals surface area contributed by atoms with Crippen molar-refractivity contribution >= 4 is 41.3 Å². The highest BCUT2D eigenvalue weighted by Crippen LogP contribution is 2.40. The molecule has 12 heteroatoms. The van der Waals surface area contributed by atoms with E-state index >= 15 is 0 Å². The minimum atomic E-state index is -1.29. The molecule has 1 aromatic rings. The first-order chi connectivity index (χ1) is 15.4. The van der Waals surface area contributed by atoms with Crippen LogP contribution in [-0.4, -0.2) is 63.8 Å². The fourth-order valence-electron chi connectivity index (χ4n) is 3.45. The van der Waals surface area contributed by atoms with Crippen molar-refractivity contribution < 1.29 is 33.8 Å². The van der Waals surface area contributed by atoms with Crippen LogP contribution >= 0.6 is 11.8 Å². The molecule has 1 unspecified atom stereocenters. The molecule has 0 spiro atoms. The minimum Gasteiger partial charge on any atom is -0.498 e. The minimum absolute atomic E-state index is 0.172. The van der Waals surface area contributed by atoms with Gasteiger partial charge in [-0.25, -0.2) is 9.59 Å². The number of aliphatic carboxylic acids is 1. The molecule has 2 aliphatic rings. The highest BCUT2D eigenvalue weighted by atomic mass is 32.2. The Balaban J connectivity index is 1.80.